The van der Waals surface area contributed by atoms with Gasteiger partial charge in [0.15, 0.2) is 11.5 Å². The second-order valence-electron chi connectivity index (χ2n) is 7.77. The topological polar surface area (TPSA) is 60.0 Å². The molecule has 1 aliphatic heterocycles. The molecule has 1 unspecified atom stereocenters. The first-order valence-electron chi connectivity index (χ1n) is 9.97. The Morgan fingerprint density at radius 2 is 1.75 bits per heavy atom. The maximum Gasteiger partial charge on any atom is 0.203 e. The Hall–Kier alpha value is -2.40. The highest BCUT2D eigenvalue weighted by Crippen LogP contribution is 2.46. The van der Waals surface area contributed by atoms with Crippen LogP contribution in [0, 0.1) is 0 Å². The number of aromatic hydroxyl groups is 1. The van der Waals surface area contributed by atoms with Crippen LogP contribution >= 0.6 is 0 Å². The zero-order chi connectivity index (χ0) is 20.3. The van der Waals surface area contributed by atoms with Crippen molar-refractivity contribution >= 4 is 0 Å². The number of nitrogens with one attached hydrogen (secondary N) is 1. The van der Waals surface area contributed by atoms with E-state index < -0.39 is 0 Å². The van der Waals surface area contributed by atoms with Gasteiger partial charge in [0.25, 0.3) is 0 Å². The predicted octanol–water partition coefficient (Wildman–Crippen LogP) is 4.40. The Labute approximate surface area is 167 Å². The number of ether oxygens (including phenoxy) is 3. The van der Waals surface area contributed by atoms with E-state index in [-0.39, 0.29) is 24.0 Å². The summed E-state index contributed by atoms with van der Waals surface area (Å²) in [6.07, 6.45) is 1.56. The molecule has 5 nitrogen and oxygen atoms in total. The van der Waals surface area contributed by atoms with Crippen LogP contribution < -0.4 is 19.5 Å². The summed E-state index contributed by atoms with van der Waals surface area (Å²) in [6, 6.07) is 10.1. The predicted molar refractivity (Wildman–Crippen MR) is 111 cm³/mol. The third kappa shape index (κ3) is 4.53. The summed E-state index contributed by atoms with van der Waals surface area (Å²) >= 11 is 0. The van der Waals surface area contributed by atoms with Crippen LogP contribution in [0.15, 0.2) is 30.3 Å². The van der Waals surface area contributed by atoms with Gasteiger partial charge in [-0.2, -0.15) is 0 Å². The van der Waals surface area contributed by atoms with Crippen LogP contribution in [0.25, 0.3) is 0 Å². The number of phenolic OH excluding ortho intramolecular Hbond substituents is 1. The smallest absolute Gasteiger partial charge is 0.203 e. The van der Waals surface area contributed by atoms with Crippen molar-refractivity contribution in [3.8, 4) is 23.0 Å². The van der Waals surface area contributed by atoms with E-state index in [0.717, 1.165) is 36.3 Å². The van der Waals surface area contributed by atoms with Gasteiger partial charge < -0.3 is 24.6 Å². The molecule has 1 atom stereocenters. The van der Waals surface area contributed by atoms with E-state index in [9.17, 15) is 5.11 Å². The van der Waals surface area contributed by atoms with Crippen molar-refractivity contribution in [3.05, 3.63) is 47.0 Å². The van der Waals surface area contributed by atoms with E-state index in [4.69, 9.17) is 14.2 Å². The van der Waals surface area contributed by atoms with Gasteiger partial charge in [0.05, 0.1) is 19.3 Å². The van der Waals surface area contributed by atoms with Crippen molar-refractivity contribution in [1.29, 1.82) is 0 Å². The number of methoxy groups -OCH3 is 1. The summed E-state index contributed by atoms with van der Waals surface area (Å²) in [6.45, 7) is 8.71. The molecule has 0 radical (unpaired) electrons. The van der Waals surface area contributed by atoms with Gasteiger partial charge in [0.2, 0.25) is 5.75 Å². The molecule has 2 N–H and O–H groups in total. The average molecular weight is 386 g/mol. The fraction of sp³-hybridized carbons (Fsp3) is 0.478. The largest absolute Gasteiger partial charge is 0.504 e. The van der Waals surface area contributed by atoms with Crippen molar-refractivity contribution < 1.29 is 19.3 Å². The SMILES string of the molecule is COc1ccc(CC2NCCc3cc(OC(C)C)c(OC(C)C)c(O)c32)cc1. The van der Waals surface area contributed by atoms with Gasteiger partial charge >= 0.3 is 0 Å². The summed E-state index contributed by atoms with van der Waals surface area (Å²) in [5, 5.41) is 14.7. The maximum atomic E-state index is 11.1. The fourth-order valence-corrected chi connectivity index (χ4v) is 3.63. The van der Waals surface area contributed by atoms with Crippen molar-refractivity contribution in [2.45, 2.75) is 58.8 Å². The first-order valence-corrected chi connectivity index (χ1v) is 9.97. The second-order valence-corrected chi connectivity index (χ2v) is 7.77. The van der Waals surface area contributed by atoms with Crippen LogP contribution in [0.4, 0.5) is 0 Å². The van der Waals surface area contributed by atoms with E-state index in [0.29, 0.717) is 11.5 Å². The lowest BCUT2D eigenvalue weighted by atomic mass is 9.89. The van der Waals surface area contributed by atoms with Gasteiger partial charge in [0.1, 0.15) is 5.75 Å². The van der Waals surface area contributed by atoms with Crippen LogP contribution in [0.3, 0.4) is 0 Å². The minimum absolute atomic E-state index is 0.00349. The Kier molecular flexibility index (Phi) is 6.35. The monoisotopic (exact) mass is 385 g/mol. The van der Waals surface area contributed by atoms with E-state index in [1.54, 1.807) is 7.11 Å². The average Bonchev–Trinajstić information content (AvgIpc) is 2.65. The molecule has 152 valence electrons. The fourth-order valence-electron chi connectivity index (χ4n) is 3.63. The summed E-state index contributed by atoms with van der Waals surface area (Å²) in [4.78, 5) is 0. The number of hydrogen-bond acceptors (Lipinski definition) is 5. The van der Waals surface area contributed by atoms with E-state index >= 15 is 0 Å². The molecule has 0 aromatic heterocycles. The molecule has 0 amide bonds. The minimum atomic E-state index is -0.0601. The molecule has 0 bridgehead atoms. The van der Waals surface area contributed by atoms with Crippen molar-refractivity contribution in [3.63, 3.8) is 0 Å². The van der Waals surface area contributed by atoms with E-state index in [1.807, 2.05) is 45.9 Å². The molecule has 2 aromatic rings. The van der Waals surface area contributed by atoms with Gasteiger partial charge in [-0.25, -0.2) is 0 Å². The highest BCUT2D eigenvalue weighted by atomic mass is 16.5. The second kappa shape index (κ2) is 8.74. The first kappa shape index (κ1) is 20.3. The Morgan fingerprint density at radius 3 is 2.36 bits per heavy atom. The number of phenols is 1. The summed E-state index contributed by atoms with van der Waals surface area (Å²) in [7, 11) is 1.67. The first-order chi connectivity index (χ1) is 13.4. The molecular weight excluding hydrogens is 354 g/mol. The molecule has 0 aliphatic carbocycles. The number of rotatable bonds is 7. The van der Waals surface area contributed by atoms with Crippen LogP contribution in [0.5, 0.6) is 23.0 Å². The molecule has 1 heterocycles. The maximum absolute atomic E-state index is 11.1. The van der Waals surface area contributed by atoms with Gasteiger partial charge in [-0.05, 0) is 76.4 Å². The van der Waals surface area contributed by atoms with Gasteiger partial charge in [-0.1, -0.05) is 12.1 Å². The van der Waals surface area contributed by atoms with Gasteiger partial charge in [-0.3, -0.25) is 0 Å². The summed E-state index contributed by atoms with van der Waals surface area (Å²) in [5.41, 5.74) is 3.20. The lowest BCUT2D eigenvalue weighted by molar-refractivity contribution is 0.191. The normalized spacial score (nSPS) is 16.2. The van der Waals surface area contributed by atoms with E-state index in [2.05, 4.69) is 17.4 Å². The number of hydrogen-bond donors (Lipinski definition) is 2. The van der Waals surface area contributed by atoms with E-state index in [1.165, 1.54) is 5.56 Å². The molecule has 0 spiro atoms. The number of benzene rings is 2. The molecule has 2 aromatic carbocycles. The zero-order valence-corrected chi connectivity index (χ0v) is 17.4. The quantitative estimate of drug-likeness (QED) is 0.740. The molecular formula is C23H31NO4. The minimum Gasteiger partial charge on any atom is -0.504 e. The van der Waals surface area contributed by atoms with Gasteiger partial charge in [-0.15, -0.1) is 0 Å². The highest BCUT2D eigenvalue weighted by molar-refractivity contribution is 5.60. The van der Waals surface area contributed by atoms with Crippen LogP contribution in [-0.4, -0.2) is 31.0 Å². The van der Waals surface area contributed by atoms with Crippen molar-refractivity contribution in [2.75, 3.05) is 13.7 Å². The highest BCUT2D eigenvalue weighted by Gasteiger charge is 2.29. The Bertz CT molecular complexity index is 799. The zero-order valence-electron chi connectivity index (χ0n) is 17.4. The van der Waals surface area contributed by atoms with Crippen LogP contribution in [0.2, 0.25) is 0 Å². The Balaban J connectivity index is 1.98. The van der Waals surface area contributed by atoms with Crippen LogP contribution in [0.1, 0.15) is 50.4 Å². The summed E-state index contributed by atoms with van der Waals surface area (Å²) < 4.78 is 17.2. The third-order valence-corrected chi connectivity index (χ3v) is 4.79. The molecule has 1 aliphatic rings. The lowest BCUT2D eigenvalue weighted by Gasteiger charge is -2.30. The molecule has 0 fully saturated rings. The molecule has 5 heteroatoms. The molecule has 28 heavy (non-hydrogen) atoms. The van der Waals surface area contributed by atoms with Crippen molar-refractivity contribution in [1.82, 2.24) is 5.32 Å². The molecule has 3 rings (SSSR count). The standard InChI is InChI=1S/C23H31NO4/c1-14(2)27-20-13-17-10-11-24-19(12-16-6-8-18(26-5)9-7-16)21(17)22(25)23(20)28-15(3)4/h6-9,13-15,19,24-25H,10-12H2,1-5H3. The Morgan fingerprint density at radius 1 is 1.07 bits per heavy atom. The molecule has 0 saturated carbocycles. The van der Waals surface area contributed by atoms with Gasteiger partial charge in [0, 0.05) is 11.6 Å². The third-order valence-electron chi connectivity index (χ3n) is 4.79. The molecule has 0 saturated heterocycles. The number of fused-ring (bicyclic) bond motifs is 1. The van der Waals surface area contributed by atoms with Crippen molar-refractivity contribution in [2.24, 2.45) is 0 Å². The summed E-state index contributed by atoms with van der Waals surface area (Å²) in [5.74, 6) is 2.08. The van der Waals surface area contributed by atoms with Crippen LogP contribution in [-0.2, 0) is 12.8 Å². The lowest BCUT2D eigenvalue weighted by Crippen LogP contribution is -2.31.